The maximum atomic E-state index is 11.5. The van der Waals surface area contributed by atoms with E-state index in [-0.39, 0.29) is 23.3 Å². The minimum absolute atomic E-state index is 0.0264. The van der Waals surface area contributed by atoms with Crippen LogP contribution >= 0.6 is 0 Å². The molecule has 0 bridgehead atoms. The van der Waals surface area contributed by atoms with Crippen LogP contribution in [-0.2, 0) is 4.74 Å². The number of methoxy groups -OCH3 is 3. The van der Waals surface area contributed by atoms with Gasteiger partial charge in [-0.2, -0.15) is 15.2 Å². The van der Waals surface area contributed by atoms with Crippen molar-refractivity contribution in [3.63, 3.8) is 0 Å². The lowest BCUT2D eigenvalue weighted by Crippen LogP contribution is -2.03. The lowest BCUT2D eigenvalue weighted by atomic mass is 10.2. The molecule has 8 nitrogen and oxygen atoms in total. The smallest absolute Gasteiger partial charge is 0.337 e. The van der Waals surface area contributed by atoms with Crippen LogP contribution in [0.2, 0.25) is 0 Å². The Hall–Kier alpha value is -3.34. The second-order valence-corrected chi connectivity index (χ2v) is 4.13. The van der Waals surface area contributed by atoms with E-state index in [2.05, 4.69) is 14.7 Å². The van der Waals surface area contributed by atoms with Gasteiger partial charge in [0.1, 0.15) is 11.8 Å². The number of nitrogens with zero attached hydrogens (tertiary/aromatic N) is 3. The quantitative estimate of drug-likeness (QED) is 0.771. The summed E-state index contributed by atoms with van der Waals surface area (Å²) in [5, 5.41) is 9.08. The number of aromatic nitrogens is 2. The SMILES string of the molecule is COC(=O)c1cccc(Oc2nc(OC)c(C#N)c(OC)n2)c1. The van der Waals surface area contributed by atoms with Crippen LogP contribution in [-0.4, -0.2) is 37.3 Å². The molecule has 0 N–H and O–H groups in total. The van der Waals surface area contributed by atoms with E-state index in [0.717, 1.165) is 0 Å². The van der Waals surface area contributed by atoms with Gasteiger partial charge < -0.3 is 18.9 Å². The van der Waals surface area contributed by atoms with Crippen molar-refractivity contribution in [3.8, 4) is 29.6 Å². The Labute approximate surface area is 132 Å². The van der Waals surface area contributed by atoms with Crippen LogP contribution in [0.3, 0.4) is 0 Å². The molecular weight excluding hydrogens is 302 g/mol. The highest BCUT2D eigenvalue weighted by Crippen LogP contribution is 2.28. The fourth-order valence-corrected chi connectivity index (χ4v) is 1.75. The van der Waals surface area contributed by atoms with Gasteiger partial charge >= 0.3 is 12.0 Å². The highest BCUT2D eigenvalue weighted by Gasteiger charge is 2.17. The van der Waals surface area contributed by atoms with Crippen molar-refractivity contribution in [1.82, 2.24) is 9.97 Å². The van der Waals surface area contributed by atoms with E-state index < -0.39 is 5.97 Å². The van der Waals surface area contributed by atoms with Gasteiger partial charge in [-0.15, -0.1) is 0 Å². The normalized spacial score (nSPS) is 9.65. The van der Waals surface area contributed by atoms with Crippen molar-refractivity contribution < 1.29 is 23.7 Å². The standard InChI is InChI=1S/C15H13N3O5/c1-20-12-11(8-16)13(21-2)18-15(17-12)23-10-6-4-5-9(7-10)14(19)22-3/h4-7H,1-3H3. The zero-order valence-corrected chi connectivity index (χ0v) is 12.7. The second kappa shape index (κ2) is 7.09. The third-order valence-corrected chi connectivity index (χ3v) is 2.78. The number of hydrogen-bond acceptors (Lipinski definition) is 8. The van der Waals surface area contributed by atoms with Crippen LogP contribution in [0.15, 0.2) is 24.3 Å². The summed E-state index contributed by atoms with van der Waals surface area (Å²) in [5.41, 5.74) is 0.378. The summed E-state index contributed by atoms with van der Waals surface area (Å²) >= 11 is 0. The summed E-state index contributed by atoms with van der Waals surface area (Å²) in [6.45, 7) is 0. The molecule has 23 heavy (non-hydrogen) atoms. The number of rotatable bonds is 5. The molecule has 118 valence electrons. The van der Waals surface area contributed by atoms with Gasteiger partial charge in [0.15, 0.2) is 5.56 Å². The number of nitriles is 1. The zero-order chi connectivity index (χ0) is 16.8. The Balaban J connectivity index is 2.37. The molecule has 0 radical (unpaired) electrons. The molecule has 2 aromatic rings. The zero-order valence-electron chi connectivity index (χ0n) is 12.7. The van der Waals surface area contributed by atoms with E-state index in [1.165, 1.54) is 27.4 Å². The average Bonchev–Trinajstić information content (AvgIpc) is 2.60. The summed E-state index contributed by atoms with van der Waals surface area (Å²) in [6, 6.07) is 8.12. The Morgan fingerprint density at radius 2 is 1.78 bits per heavy atom. The highest BCUT2D eigenvalue weighted by molar-refractivity contribution is 5.89. The summed E-state index contributed by atoms with van der Waals surface area (Å²) in [4.78, 5) is 19.5. The van der Waals surface area contributed by atoms with Crippen molar-refractivity contribution in [2.24, 2.45) is 0 Å². The van der Waals surface area contributed by atoms with Gasteiger partial charge in [-0.1, -0.05) is 6.07 Å². The van der Waals surface area contributed by atoms with Gasteiger partial charge in [0.2, 0.25) is 11.8 Å². The van der Waals surface area contributed by atoms with Crippen LogP contribution < -0.4 is 14.2 Å². The van der Waals surface area contributed by atoms with E-state index >= 15 is 0 Å². The van der Waals surface area contributed by atoms with Crippen LogP contribution in [0.4, 0.5) is 0 Å². The number of benzene rings is 1. The third-order valence-electron chi connectivity index (χ3n) is 2.78. The lowest BCUT2D eigenvalue weighted by Gasteiger charge is -2.10. The van der Waals surface area contributed by atoms with Crippen LogP contribution in [0.25, 0.3) is 0 Å². The predicted octanol–water partition coefficient (Wildman–Crippen LogP) is 1.94. The molecule has 0 spiro atoms. The summed E-state index contributed by atoms with van der Waals surface area (Å²) < 4.78 is 20.2. The molecule has 2 rings (SSSR count). The molecular formula is C15H13N3O5. The molecule has 1 aromatic heterocycles. The fraction of sp³-hybridized carbons (Fsp3) is 0.200. The van der Waals surface area contributed by atoms with Crippen molar-refractivity contribution in [1.29, 1.82) is 5.26 Å². The summed E-state index contributed by atoms with van der Waals surface area (Å²) in [6.07, 6.45) is 0. The Morgan fingerprint density at radius 3 is 2.30 bits per heavy atom. The van der Waals surface area contributed by atoms with Crippen LogP contribution in [0.5, 0.6) is 23.5 Å². The van der Waals surface area contributed by atoms with Crippen molar-refractivity contribution in [3.05, 3.63) is 35.4 Å². The molecule has 8 heteroatoms. The van der Waals surface area contributed by atoms with E-state index in [4.69, 9.17) is 19.5 Å². The molecule has 0 aliphatic heterocycles. The van der Waals surface area contributed by atoms with Gasteiger partial charge in [-0.05, 0) is 18.2 Å². The number of ether oxygens (including phenoxy) is 4. The van der Waals surface area contributed by atoms with Gasteiger partial charge in [-0.3, -0.25) is 0 Å². The minimum Gasteiger partial charge on any atom is -0.480 e. The van der Waals surface area contributed by atoms with Crippen molar-refractivity contribution >= 4 is 5.97 Å². The van der Waals surface area contributed by atoms with E-state index in [9.17, 15) is 4.79 Å². The van der Waals surface area contributed by atoms with Crippen LogP contribution in [0.1, 0.15) is 15.9 Å². The molecule has 0 aliphatic rings. The third kappa shape index (κ3) is 3.47. The molecule has 0 unspecified atom stereocenters. The molecule has 1 heterocycles. The number of hydrogen-bond donors (Lipinski definition) is 0. The molecule has 0 saturated heterocycles. The van der Waals surface area contributed by atoms with E-state index in [0.29, 0.717) is 11.3 Å². The Morgan fingerprint density at radius 1 is 1.13 bits per heavy atom. The molecule has 0 saturated carbocycles. The van der Waals surface area contributed by atoms with Crippen molar-refractivity contribution in [2.45, 2.75) is 0 Å². The monoisotopic (exact) mass is 315 g/mol. The topological polar surface area (TPSA) is 104 Å². The fourth-order valence-electron chi connectivity index (χ4n) is 1.75. The predicted molar refractivity (Wildman–Crippen MR) is 77.7 cm³/mol. The molecule has 0 aliphatic carbocycles. The largest absolute Gasteiger partial charge is 0.480 e. The first-order valence-electron chi connectivity index (χ1n) is 6.39. The Bertz CT molecular complexity index is 745. The maximum absolute atomic E-state index is 11.5. The first-order valence-corrected chi connectivity index (χ1v) is 6.39. The molecule has 0 amide bonds. The lowest BCUT2D eigenvalue weighted by molar-refractivity contribution is 0.0600. The van der Waals surface area contributed by atoms with E-state index in [1.807, 2.05) is 6.07 Å². The first-order chi connectivity index (χ1) is 11.1. The molecule has 1 aromatic carbocycles. The van der Waals surface area contributed by atoms with E-state index in [1.54, 1.807) is 18.2 Å². The summed E-state index contributed by atoms with van der Waals surface area (Å²) in [7, 11) is 4.02. The maximum Gasteiger partial charge on any atom is 0.337 e. The second-order valence-electron chi connectivity index (χ2n) is 4.13. The summed E-state index contributed by atoms with van der Waals surface area (Å²) in [5.74, 6) is -0.120. The highest BCUT2D eigenvalue weighted by atomic mass is 16.5. The van der Waals surface area contributed by atoms with Gasteiger partial charge in [0, 0.05) is 0 Å². The van der Waals surface area contributed by atoms with Gasteiger partial charge in [-0.25, -0.2) is 4.79 Å². The molecule has 0 fully saturated rings. The van der Waals surface area contributed by atoms with Gasteiger partial charge in [0.05, 0.1) is 26.9 Å². The number of carbonyl (C=O) groups excluding carboxylic acids is 1. The Kier molecular flexibility index (Phi) is 4.94. The average molecular weight is 315 g/mol. The first kappa shape index (κ1) is 16.0. The van der Waals surface area contributed by atoms with Gasteiger partial charge in [0.25, 0.3) is 0 Å². The molecule has 0 atom stereocenters. The van der Waals surface area contributed by atoms with Crippen molar-refractivity contribution in [2.75, 3.05) is 21.3 Å². The number of esters is 1. The van der Waals surface area contributed by atoms with Crippen LogP contribution in [0, 0.1) is 11.3 Å². The number of carbonyl (C=O) groups is 1. The minimum atomic E-state index is -0.494.